The lowest BCUT2D eigenvalue weighted by Crippen LogP contribution is -2.48. The molecule has 1 N–H and O–H groups in total. The van der Waals surface area contributed by atoms with E-state index in [9.17, 15) is 0 Å². The summed E-state index contributed by atoms with van der Waals surface area (Å²) in [6, 6.07) is 0. The van der Waals surface area contributed by atoms with E-state index in [4.69, 9.17) is 16.3 Å². The van der Waals surface area contributed by atoms with Crippen LogP contribution in [0.5, 0.6) is 0 Å². The van der Waals surface area contributed by atoms with Gasteiger partial charge in [0.25, 0.3) is 0 Å². The van der Waals surface area contributed by atoms with Gasteiger partial charge in [0.2, 0.25) is 0 Å². The lowest BCUT2D eigenvalue weighted by atomic mass is 9.95. The Labute approximate surface area is 78.9 Å². The van der Waals surface area contributed by atoms with E-state index in [0.717, 1.165) is 13.0 Å². The standard InChI is InChI=1S/C9H16ClNO/c1-7(10)6-11-9(3)4-5-12-8(9)2/h8,11H,1,4-6H2,2-3H3. The summed E-state index contributed by atoms with van der Waals surface area (Å²) in [7, 11) is 0. The fourth-order valence-corrected chi connectivity index (χ4v) is 1.43. The third-order valence-corrected chi connectivity index (χ3v) is 2.70. The molecule has 0 aromatic carbocycles. The van der Waals surface area contributed by atoms with Gasteiger partial charge in [-0.25, -0.2) is 0 Å². The molecule has 0 aliphatic carbocycles. The van der Waals surface area contributed by atoms with Gasteiger partial charge in [0.15, 0.2) is 0 Å². The molecule has 1 heterocycles. The Bertz CT molecular complexity index is 183. The number of hydrogen-bond donors (Lipinski definition) is 1. The van der Waals surface area contributed by atoms with E-state index in [0.29, 0.717) is 11.6 Å². The quantitative estimate of drug-likeness (QED) is 0.733. The zero-order valence-corrected chi connectivity index (χ0v) is 8.45. The van der Waals surface area contributed by atoms with Crippen LogP contribution in [-0.2, 0) is 4.74 Å². The minimum Gasteiger partial charge on any atom is -0.377 e. The van der Waals surface area contributed by atoms with E-state index >= 15 is 0 Å². The molecule has 12 heavy (non-hydrogen) atoms. The first kappa shape index (κ1) is 10.0. The van der Waals surface area contributed by atoms with Crippen LogP contribution in [0.2, 0.25) is 0 Å². The maximum Gasteiger partial charge on any atom is 0.0726 e. The van der Waals surface area contributed by atoms with Crippen molar-refractivity contribution >= 4 is 11.6 Å². The minimum absolute atomic E-state index is 0.0673. The Balaban J connectivity index is 2.42. The van der Waals surface area contributed by atoms with E-state index in [-0.39, 0.29) is 11.6 Å². The smallest absolute Gasteiger partial charge is 0.0726 e. The first-order valence-corrected chi connectivity index (χ1v) is 4.62. The Kier molecular flexibility index (Phi) is 3.16. The highest BCUT2D eigenvalue weighted by atomic mass is 35.5. The average molecular weight is 190 g/mol. The van der Waals surface area contributed by atoms with E-state index in [2.05, 4.69) is 25.7 Å². The molecule has 2 atom stereocenters. The summed E-state index contributed by atoms with van der Waals surface area (Å²) in [5, 5.41) is 4.00. The minimum atomic E-state index is 0.0673. The van der Waals surface area contributed by atoms with Crippen LogP contribution in [0.15, 0.2) is 11.6 Å². The van der Waals surface area contributed by atoms with Crippen molar-refractivity contribution in [3.05, 3.63) is 11.6 Å². The summed E-state index contributed by atoms with van der Waals surface area (Å²) >= 11 is 5.67. The number of hydrogen-bond acceptors (Lipinski definition) is 2. The summed E-state index contributed by atoms with van der Waals surface area (Å²) < 4.78 is 5.47. The van der Waals surface area contributed by atoms with Gasteiger partial charge in [-0.15, -0.1) is 0 Å². The first-order chi connectivity index (χ1) is 5.54. The molecule has 0 amide bonds. The molecule has 1 rings (SSSR count). The molecule has 70 valence electrons. The second kappa shape index (κ2) is 3.77. The Morgan fingerprint density at radius 3 is 2.92 bits per heavy atom. The van der Waals surface area contributed by atoms with E-state index < -0.39 is 0 Å². The topological polar surface area (TPSA) is 21.3 Å². The average Bonchev–Trinajstić information content (AvgIpc) is 2.30. The molecule has 2 unspecified atom stereocenters. The van der Waals surface area contributed by atoms with E-state index in [1.54, 1.807) is 0 Å². The molecule has 1 saturated heterocycles. The predicted molar refractivity (Wildman–Crippen MR) is 51.4 cm³/mol. The molecule has 1 aliphatic heterocycles. The fraction of sp³-hybridized carbons (Fsp3) is 0.778. The fourth-order valence-electron chi connectivity index (χ4n) is 1.36. The van der Waals surface area contributed by atoms with Crippen LogP contribution < -0.4 is 5.32 Å². The first-order valence-electron chi connectivity index (χ1n) is 4.24. The Hall–Kier alpha value is -0.0500. The van der Waals surface area contributed by atoms with Crippen LogP contribution >= 0.6 is 11.6 Å². The highest BCUT2D eigenvalue weighted by Gasteiger charge is 2.36. The van der Waals surface area contributed by atoms with Gasteiger partial charge in [-0.1, -0.05) is 18.2 Å². The maximum atomic E-state index is 5.67. The van der Waals surface area contributed by atoms with Crippen LogP contribution in [0, 0.1) is 0 Å². The molecule has 1 fully saturated rings. The number of ether oxygens (including phenoxy) is 1. The molecule has 0 aromatic rings. The van der Waals surface area contributed by atoms with Crippen LogP contribution in [0.4, 0.5) is 0 Å². The lowest BCUT2D eigenvalue weighted by Gasteiger charge is -2.28. The van der Waals surface area contributed by atoms with Crippen molar-refractivity contribution in [3.63, 3.8) is 0 Å². The van der Waals surface area contributed by atoms with Crippen molar-refractivity contribution in [2.75, 3.05) is 13.2 Å². The van der Waals surface area contributed by atoms with Crippen molar-refractivity contribution in [2.45, 2.75) is 31.9 Å². The number of nitrogens with one attached hydrogen (secondary N) is 1. The SMILES string of the molecule is C=C(Cl)CNC1(C)CCOC1C. The summed E-state index contributed by atoms with van der Waals surface area (Å²) in [4.78, 5) is 0. The predicted octanol–water partition coefficient (Wildman–Crippen LogP) is 1.90. The highest BCUT2D eigenvalue weighted by Crippen LogP contribution is 2.25. The molecule has 3 heteroatoms. The van der Waals surface area contributed by atoms with Crippen molar-refractivity contribution in [1.29, 1.82) is 0 Å². The van der Waals surface area contributed by atoms with Crippen LogP contribution in [0.3, 0.4) is 0 Å². The lowest BCUT2D eigenvalue weighted by molar-refractivity contribution is 0.0899. The number of halogens is 1. The summed E-state index contributed by atoms with van der Waals surface area (Å²) in [6.45, 7) is 9.36. The Morgan fingerprint density at radius 1 is 1.83 bits per heavy atom. The number of rotatable bonds is 3. The maximum absolute atomic E-state index is 5.67. The van der Waals surface area contributed by atoms with Crippen molar-refractivity contribution in [1.82, 2.24) is 5.32 Å². The van der Waals surface area contributed by atoms with E-state index in [1.807, 2.05) is 0 Å². The van der Waals surface area contributed by atoms with Gasteiger partial charge in [0.05, 0.1) is 6.10 Å². The van der Waals surface area contributed by atoms with Crippen LogP contribution in [0.25, 0.3) is 0 Å². The van der Waals surface area contributed by atoms with Gasteiger partial charge in [-0.3, -0.25) is 0 Å². The summed E-state index contributed by atoms with van der Waals surface area (Å²) in [5.74, 6) is 0. The second-order valence-electron chi connectivity index (χ2n) is 3.55. The zero-order valence-electron chi connectivity index (χ0n) is 7.69. The molecule has 0 saturated carbocycles. The third kappa shape index (κ3) is 2.22. The zero-order chi connectivity index (χ0) is 9.19. The third-order valence-electron chi connectivity index (χ3n) is 2.57. The van der Waals surface area contributed by atoms with Crippen molar-refractivity contribution in [3.8, 4) is 0 Å². The molecule has 2 nitrogen and oxygen atoms in total. The normalized spacial score (nSPS) is 35.4. The summed E-state index contributed by atoms with van der Waals surface area (Å²) in [6.07, 6.45) is 1.30. The van der Waals surface area contributed by atoms with E-state index in [1.165, 1.54) is 0 Å². The molecule has 1 aliphatic rings. The van der Waals surface area contributed by atoms with Gasteiger partial charge in [0, 0.05) is 23.7 Å². The molecule has 0 spiro atoms. The van der Waals surface area contributed by atoms with Gasteiger partial charge in [-0.2, -0.15) is 0 Å². The van der Waals surface area contributed by atoms with Crippen molar-refractivity contribution in [2.24, 2.45) is 0 Å². The molecule has 0 aromatic heterocycles. The molecule has 0 radical (unpaired) electrons. The second-order valence-corrected chi connectivity index (χ2v) is 4.09. The van der Waals surface area contributed by atoms with Gasteiger partial charge >= 0.3 is 0 Å². The molecular formula is C9H16ClNO. The van der Waals surface area contributed by atoms with Gasteiger partial charge < -0.3 is 10.1 Å². The van der Waals surface area contributed by atoms with Crippen molar-refractivity contribution < 1.29 is 4.74 Å². The van der Waals surface area contributed by atoms with Crippen LogP contribution in [0.1, 0.15) is 20.3 Å². The highest BCUT2D eigenvalue weighted by molar-refractivity contribution is 6.29. The van der Waals surface area contributed by atoms with Gasteiger partial charge in [0.1, 0.15) is 0 Å². The van der Waals surface area contributed by atoms with Gasteiger partial charge in [-0.05, 0) is 20.3 Å². The Morgan fingerprint density at radius 2 is 2.50 bits per heavy atom. The van der Waals surface area contributed by atoms with Crippen LogP contribution in [-0.4, -0.2) is 24.8 Å². The monoisotopic (exact) mass is 189 g/mol. The largest absolute Gasteiger partial charge is 0.377 e. The molecular weight excluding hydrogens is 174 g/mol. The summed E-state index contributed by atoms with van der Waals surface area (Å²) in [5.41, 5.74) is 0.0673. The molecule has 0 bridgehead atoms.